The molecule has 0 aliphatic carbocycles. The van der Waals surface area contributed by atoms with E-state index in [0.29, 0.717) is 5.82 Å². The van der Waals surface area contributed by atoms with Crippen LogP contribution in [0.25, 0.3) is 11.7 Å². The molecule has 0 radical (unpaired) electrons. The van der Waals surface area contributed by atoms with Crippen molar-refractivity contribution in [2.24, 2.45) is 4.99 Å². The second-order valence-corrected chi connectivity index (χ2v) is 6.71. The second-order valence-electron chi connectivity index (χ2n) is 5.59. The lowest BCUT2D eigenvalue weighted by molar-refractivity contribution is 0.903. The van der Waals surface area contributed by atoms with Crippen molar-refractivity contribution in [3.63, 3.8) is 0 Å². The molecular weight excluding hydrogens is 320 g/mol. The van der Waals surface area contributed by atoms with Crippen LogP contribution in [0.15, 0.2) is 29.3 Å². The summed E-state index contributed by atoms with van der Waals surface area (Å²) in [7, 11) is 0. The van der Waals surface area contributed by atoms with E-state index in [1.165, 1.54) is 9.88 Å². The van der Waals surface area contributed by atoms with Gasteiger partial charge < -0.3 is 5.32 Å². The third-order valence-corrected chi connectivity index (χ3v) is 4.86. The molecule has 122 valence electrons. The summed E-state index contributed by atoms with van der Waals surface area (Å²) in [5.41, 5.74) is 2.57. The zero-order chi connectivity index (χ0) is 16.5. The van der Waals surface area contributed by atoms with Crippen molar-refractivity contribution in [2.45, 2.75) is 20.3 Å². The van der Waals surface area contributed by atoms with Gasteiger partial charge in [0.25, 0.3) is 0 Å². The molecule has 7 heteroatoms. The fourth-order valence-corrected chi connectivity index (χ4v) is 3.65. The molecule has 24 heavy (non-hydrogen) atoms. The number of anilines is 1. The van der Waals surface area contributed by atoms with Gasteiger partial charge in [-0.1, -0.05) is 6.08 Å². The van der Waals surface area contributed by atoms with E-state index in [-0.39, 0.29) is 0 Å². The normalized spacial score (nSPS) is 15.2. The number of nitrogens with zero attached hydrogens (tertiary/aromatic N) is 5. The van der Waals surface area contributed by atoms with Crippen molar-refractivity contribution in [2.75, 3.05) is 18.4 Å². The van der Waals surface area contributed by atoms with Crippen molar-refractivity contribution in [1.29, 1.82) is 0 Å². The first-order chi connectivity index (χ1) is 11.8. The van der Waals surface area contributed by atoms with Crippen molar-refractivity contribution in [1.82, 2.24) is 19.8 Å². The molecule has 0 bridgehead atoms. The Labute approximate surface area is 143 Å². The third-order valence-electron chi connectivity index (χ3n) is 3.87. The first kappa shape index (κ1) is 15.0. The molecule has 3 aromatic rings. The Morgan fingerprint density at radius 2 is 2.25 bits per heavy atom. The first-order valence-corrected chi connectivity index (χ1v) is 8.86. The summed E-state index contributed by atoms with van der Waals surface area (Å²) in [6.07, 6.45) is 7.21. The van der Waals surface area contributed by atoms with Gasteiger partial charge in [0.15, 0.2) is 5.65 Å². The van der Waals surface area contributed by atoms with Crippen molar-refractivity contribution < 1.29 is 0 Å². The SMILES string of the molecule is CCNc1ccc(/C=c2\c(C)nn3c(C4=NCCC=C4)nnc23)s1. The van der Waals surface area contributed by atoms with Gasteiger partial charge in [-0.25, -0.2) is 0 Å². The Balaban J connectivity index is 1.80. The van der Waals surface area contributed by atoms with Crippen molar-refractivity contribution in [3.05, 3.63) is 45.9 Å². The molecule has 4 heterocycles. The van der Waals surface area contributed by atoms with E-state index in [1.807, 2.05) is 13.0 Å². The van der Waals surface area contributed by atoms with Gasteiger partial charge in [0.05, 0.1) is 10.7 Å². The Kier molecular flexibility index (Phi) is 3.86. The molecule has 4 rings (SSSR count). The van der Waals surface area contributed by atoms with E-state index >= 15 is 0 Å². The van der Waals surface area contributed by atoms with Crippen LogP contribution in [-0.4, -0.2) is 38.6 Å². The van der Waals surface area contributed by atoms with Gasteiger partial charge in [-0.2, -0.15) is 9.61 Å². The Morgan fingerprint density at radius 3 is 3.04 bits per heavy atom. The van der Waals surface area contributed by atoms with E-state index in [0.717, 1.165) is 41.8 Å². The summed E-state index contributed by atoms with van der Waals surface area (Å²) in [4.78, 5) is 5.69. The van der Waals surface area contributed by atoms with Crippen LogP contribution < -0.4 is 10.5 Å². The molecule has 0 fully saturated rings. The van der Waals surface area contributed by atoms with Gasteiger partial charge in [-0.15, -0.1) is 21.5 Å². The molecule has 0 spiro atoms. The average Bonchev–Trinajstić information content (AvgIpc) is 3.27. The Morgan fingerprint density at radius 1 is 1.33 bits per heavy atom. The van der Waals surface area contributed by atoms with E-state index in [4.69, 9.17) is 0 Å². The van der Waals surface area contributed by atoms with Gasteiger partial charge in [0, 0.05) is 23.2 Å². The summed E-state index contributed by atoms with van der Waals surface area (Å²) in [5, 5.41) is 18.8. The average molecular weight is 338 g/mol. The van der Waals surface area contributed by atoms with Crippen molar-refractivity contribution in [3.8, 4) is 0 Å². The number of aryl methyl sites for hydroxylation is 1. The number of thiophene rings is 1. The maximum absolute atomic E-state index is 4.62. The molecule has 0 unspecified atom stereocenters. The molecule has 3 aromatic heterocycles. The number of allylic oxidation sites excluding steroid dienone is 1. The molecule has 0 atom stereocenters. The lowest BCUT2D eigenvalue weighted by atomic mass is 10.2. The third kappa shape index (κ3) is 2.60. The van der Waals surface area contributed by atoms with Gasteiger partial charge in [-0.3, -0.25) is 4.99 Å². The number of hydrogen-bond acceptors (Lipinski definition) is 6. The summed E-state index contributed by atoms with van der Waals surface area (Å²) in [6.45, 7) is 5.81. The molecule has 0 amide bonds. The van der Waals surface area contributed by atoms with Crippen LogP contribution in [0, 0.1) is 6.92 Å². The van der Waals surface area contributed by atoms with Crippen molar-refractivity contribution >= 4 is 33.8 Å². The van der Waals surface area contributed by atoms with E-state index < -0.39 is 0 Å². The number of aliphatic imine (C=N–C) groups is 1. The quantitative estimate of drug-likeness (QED) is 0.792. The van der Waals surface area contributed by atoms with Gasteiger partial charge in [0.1, 0.15) is 5.71 Å². The van der Waals surface area contributed by atoms with Crippen LogP contribution >= 0.6 is 11.3 Å². The molecule has 0 saturated carbocycles. The molecule has 1 aliphatic rings. The lowest BCUT2D eigenvalue weighted by Crippen LogP contribution is -2.08. The van der Waals surface area contributed by atoms with Crippen LogP contribution in [0.4, 0.5) is 5.00 Å². The standard InChI is InChI=1S/C17H18N6S/c1-3-18-15-8-7-12(24-15)10-13-11(2)22-23-16(13)20-21-17(23)14-6-4-5-9-19-14/h4,6-8,10,18H,3,5,9H2,1-2H3/b13-10+. The minimum absolute atomic E-state index is 0.711. The highest BCUT2D eigenvalue weighted by molar-refractivity contribution is 7.16. The fraction of sp³-hybridized carbons (Fsp3) is 0.294. The zero-order valence-corrected chi connectivity index (χ0v) is 14.5. The van der Waals surface area contributed by atoms with Crippen LogP contribution in [0.2, 0.25) is 0 Å². The maximum Gasteiger partial charge on any atom is 0.203 e. The minimum atomic E-state index is 0.711. The Hall–Kier alpha value is -2.54. The molecule has 1 aliphatic heterocycles. The van der Waals surface area contributed by atoms with Crippen LogP contribution in [0.5, 0.6) is 0 Å². The zero-order valence-electron chi connectivity index (χ0n) is 13.7. The molecule has 1 N–H and O–H groups in total. The summed E-state index contributed by atoms with van der Waals surface area (Å²) in [5.74, 6) is 0.711. The Bertz CT molecular complexity index is 994. The lowest BCUT2D eigenvalue weighted by Gasteiger charge is -2.02. The number of nitrogens with one attached hydrogen (secondary N) is 1. The monoisotopic (exact) mass is 338 g/mol. The van der Waals surface area contributed by atoms with Gasteiger partial charge in [-0.05, 0) is 44.6 Å². The molecule has 6 nitrogen and oxygen atoms in total. The summed E-state index contributed by atoms with van der Waals surface area (Å²) >= 11 is 1.72. The second kappa shape index (κ2) is 6.16. The van der Waals surface area contributed by atoms with Crippen LogP contribution in [0.1, 0.15) is 29.7 Å². The highest BCUT2D eigenvalue weighted by Crippen LogP contribution is 2.22. The molecular formula is C17H18N6S. The van der Waals surface area contributed by atoms with E-state index in [1.54, 1.807) is 15.9 Å². The predicted octanol–water partition coefficient (Wildman–Crippen LogP) is 2.22. The number of aromatic nitrogens is 4. The number of rotatable bonds is 4. The van der Waals surface area contributed by atoms with Gasteiger partial charge in [0.2, 0.25) is 5.82 Å². The maximum atomic E-state index is 4.62. The number of hydrogen-bond donors (Lipinski definition) is 1. The largest absolute Gasteiger partial charge is 0.377 e. The number of dihydropyridines is 1. The molecule has 0 aromatic carbocycles. The van der Waals surface area contributed by atoms with Gasteiger partial charge >= 0.3 is 0 Å². The van der Waals surface area contributed by atoms with E-state index in [9.17, 15) is 0 Å². The minimum Gasteiger partial charge on any atom is -0.377 e. The fourth-order valence-electron chi connectivity index (χ4n) is 2.73. The summed E-state index contributed by atoms with van der Waals surface area (Å²) in [6, 6.07) is 4.20. The van der Waals surface area contributed by atoms with Crippen LogP contribution in [0.3, 0.4) is 0 Å². The topological polar surface area (TPSA) is 67.5 Å². The van der Waals surface area contributed by atoms with E-state index in [2.05, 4.69) is 56.8 Å². The predicted molar refractivity (Wildman–Crippen MR) is 97.9 cm³/mol. The smallest absolute Gasteiger partial charge is 0.203 e. The van der Waals surface area contributed by atoms with Crippen LogP contribution in [-0.2, 0) is 0 Å². The summed E-state index contributed by atoms with van der Waals surface area (Å²) < 4.78 is 1.80. The number of fused-ring (bicyclic) bond motifs is 1. The first-order valence-electron chi connectivity index (χ1n) is 8.05. The molecule has 0 saturated heterocycles. The highest BCUT2D eigenvalue weighted by Gasteiger charge is 2.16. The highest BCUT2D eigenvalue weighted by atomic mass is 32.1.